The monoisotopic (exact) mass is 311 g/mol. The van der Waals surface area contributed by atoms with Gasteiger partial charge in [-0.25, -0.2) is 0 Å². The van der Waals surface area contributed by atoms with Crippen molar-refractivity contribution in [3.63, 3.8) is 0 Å². The van der Waals surface area contributed by atoms with Crippen molar-refractivity contribution >= 4 is 23.2 Å². The third-order valence-electron chi connectivity index (χ3n) is 3.17. The van der Waals surface area contributed by atoms with E-state index in [1.54, 1.807) is 19.0 Å². The first-order chi connectivity index (χ1) is 9.61. The zero-order chi connectivity index (χ0) is 16.2. The third-order valence-corrected chi connectivity index (χ3v) is 3.53. The maximum absolute atomic E-state index is 11.9. The fraction of sp³-hybridized carbons (Fsp3) is 0.562. The lowest BCUT2D eigenvalue weighted by Crippen LogP contribution is -2.37. The Kier molecular flexibility index (Phi) is 6.05. The predicted molar refractivity (Wildman–Crippen MR) is 90.0 cm³/mol. The van der Waals surface area contributed by atoms with E-state index in [9.17, 15) is 4.79 Å². The molecular formula is C16H26ClN3O. The molecule has 1 N–H and O–H groups in total. The Bertz CT molecular complexity index is 495. The van der Waals surface area contributed by atoms with E-state index in [-0.39, 0.29) is 11.4 Å². The van der Waals surface area contributed by atoms with Crippen LogP contribution in [-0.2, 0) is 11.3 Å². The van der Waals surface area contributed by atoms with Crippen LogP contribution in [0, 0.1) is 0 Å². The summed E-state index contributed by atoms with van der Waals surface area (Å²) in [5.74, 6) is 0.0622. The minimum Gasteiger partial charge on any atom is -0.365 e. The Labute approximate surface area is 133 Å². The van der Waals surface area contributed by atoms with Crippen molar-refractivity contribution < 1.29 is 4.79 Å². The second-order valence-corrected chi connectivity index (χ2v) is 6.89. The van der Waals surface area contributed by atoms with Crippen LogP contribution in [0.4, 0.5) is 5.69 Å². The molecule has 4 nitrogen and oxygen atoms in total. The van der Waals surface area contributed by atoms with Crippen molar-refractivity contribution in [2.75, 3.05) is 32.6 Å². The second kappa shape index (κ2) is 7.14. The summed E-state index contributed by atoms with van der Waals surface area (Å²) in [4.78, 5) is 15.4. The first-order valence-corrected chi connectivity index (χ1v) is 7.43. The summed E-state index contributed by atoms with van der Waals surface area (Å²) >= 11 is 6.34. The molecule has 1 aromatic carbocycles. The molecule has 0 heterocycles. The van der Waals surface area contributed by atoms with E-state index in [4.69, 9.17) is 11.6 Å². The highest BCUT2D eigenvalue weighted by atomic mass is 35.5. The van der Waals surface area contributed by atoms with Crippen LogP contribution in [0.3, 0.4) is 0 Å². The molecule has 0 aliphatic rings. The smallest absolute Gasteiger partial charge is 0.241 e. The summed E-state index contributed by atoms with van der Waals surface area (Å²) in [6, 6.07) is 5.79. The van der Waals surface area contributed by atoms with Gasteiger partial charge in [0.15, 0.2) is 0 Å². The molecule has 0 spiro atoms. The molecule has 21 heavy (non-hydrogen) atoms. The average molecular weight is 312 g/mol. The molecular weight excluding hydrogens is 286 g/mol. The van der Waals surface area contributed by atoms with Gasteiger partial charge in [0.1, 0.15) is 0 Å². The minimum atomic E-state index is 0.00840. The Hall–Kier alpha value is -1.26. The number of hydrogen-bond acceptors (Lipinski definition) is 3. The van der Waals surface area contributed by atoms with Crippen LogP contribution in [-0.4, -0.2) is 44.0 Å². The van der Waals surface area contributed by atoms with Crippen LogP contribution in [0.25, 0.3) is 0 Å². The lowest BCUT2D eigenvalue weighted by molar-refractivity contribution is -0.127. The molecule has 1 amide bonds. The van der Waals surface area contributed by atoms with Crippen LogP contribution < -0.4 is 10.2 Å². The molecule has 0 aliphatic heterocycles. The molecule has 5 heteroatoms. The number of nitrogens with zero attached hydrogens (tertiary/aromatic N) is 2. The number of nitrogens with one attached hydrogen (secondary N) is 1. The fourth-order valence-corrected chi connectivity index (χ4v) is 2.10. The third kappa shape index (κ3) is 5.56. The number of amides is 1. The zero-order valence-corrected chi connectivity index (χ0v) is 14.6. The van der Waals surface area contributed by atoms with Crippen LogP contribution in [0.5, 0.6) is 0 Å². The van der Waals surface area contributed by atoms with Gasteiger partial charge in [0.2, 0.25) is 5.91 Å². The molecule has 0 fully saturated rings. The Balaban J connectivity index is 2.96. The van der Waals surface area contributed by atoms with Crippen molar-refractivity contribution in [1.29, 1.82) is 0 Å². The van der Waals surface area contributed by atoms with E-state index in [0.717, 1.165) is 11.3 Å². The molecule has 0 saturated heterocycles. The fourth-order valence-electron chi connectivity index (χ4n) is 1.86. The molecule has 0 saturated carbocycles. The molecule has 0 atom stereocenters. The summed E-state index contributed by atoms with van der Waals surface area (Å²) in [5, 5.41) is 4.16. The van der Waals surface area contributed by atoms with Gasteiger partial charge in [0.25, 0.3) is 0 Å². The van der Waals surface area contributed by atoms with Gasteiger partial charge < -0.3 is 15.1 Å². The summed E-state index contributed by atoms with van der Waals surface area (Å²) in [7, 11) is 5.43. The number of carbonyl (C=O) groups excluding carboxylic acids is 1. The van der Waals surface area contributed by atoms with Gasteiger partial charge in [-0.15, -0.1) is 0 Å². The van der Waals surface area contributed by atoms with Gasteiger partial charge in [-0.2, -0.15) is 0 Å². The number of carbonyl (C=O) groups is 1. The standard InChI is InChI=1S/C16H26ClN3O/c1-16(2,3)18-10-12-13(17)8-7-9-14(12)20(6)11-15(21)19(4)5/h7-9,18H,10-11H2,1-6H3. The van der Waals surface area contributed by atoms with Crippen molar-refractivity contribution in [3.8, 4) is 0 Å². The van der Waals surface area contributed by atoms with Crippen LogP contribution in [0.2, 0.25) is 5.02 Å². The first-order valence-electron chi connectivity index (χ1n) is 7.05. The van der Waals surface area contributed by atoms with Gasteiger partial charge in [0.05, 0.1) is 6.54 Å². The highest BCUT2D eigenvalue weighted by Crippen LogP contribution is 2.27. The lowest BCUT2D eigenvalue weighted by Gasteiger charge is -2.26. The van der Waals surface area contributed by atoms with Gasteiger partial charge in [-0.05, 0) is 32.9 Å². The molecule has 0 bridgehead atoms. The number of benzene rings is 1. The number of hydrogen-bond donors (Lipinski definition) is 1. The molecule has 1 aromatic rings. The van der Waals surface area contributed by atoms with Gasteiger partial charge in [0, 0.05) is 49.5 Å². The zero-order valence-electron chi connectivity index (χ0n) is 13.8. The van der Waals surface area contributed by atoms with Crippen LogP contribution >= 0.6 is 11.6 Å². The maximum Gasteiger partial charge on any atom is 0.241 e. The molecule has 118 valence electrons. The minimum absolute atomic E-state index is 0.00840. The summed E-state index contributed by atoms with van der Waals surface area (Å²) in [6.07, 6.45) is 0. The van der Waals surface area contributed by atoms with Crippen molar-refractivity contribution in [2.24, 2.45) is 0 Å². The van der Waals surface area contributed by atoms with Gasteiger partial charge >= 0.3 is 0 Å². The van der Waals surface area contributed by atoms with E-state index >= 15 is 0 Å². The summed E-state index contributed by atoms with van der Waals surface area (Å²) in [6.45, 7) is 7.34. The Morgan fingerprint density at radius 2 is 1.86 bits per heavy atom. The number of anilines is 1. The topological polar surface area (TPSA) is 35.6 Å². The first kappa shape index (κ1) is 17.8. The molecule has 1 rings (SSSR count). The summed E-state index contributed by atoms with van der Waals surface area (Å²) in [5.41, 5.74) is 2.01. The molecule has 0 aromatic heterocycles. The lowest BCUT2D eigenvalue weighted by atomic mass is 10.1. The van der Waals surface area contributed by atoms with E-state index in [1.807, 2.05) is 30.1 Å². The second-order valence-electron chi connectivity index (χ2n) is 6.49. The van der Waals surface area contributed by atoms with Gasteiger partial charge in [-0.1, -0.05) is 17.7 Å². The van der Waals surface area contributed by atoms with E-state index in [2.05, 4.69) is 26.1 Å². The average Bonchev–Trinajstić information content (AvgIpc) is 2.35. The van der Waals surface area contributed by atoms with E-state index in [0.29, 0.717) is 18.1 Å². The number of likely N-dealkylation sites (N-methyl/N-ethyl adjacent to an activating group) is 2. The van der Waals surface area contributed by atoms with Crippen molar-refractivity contribution in [3.05, 3.63) is 28.8 Å². The summed E-state index contributed by atoms with van der Waals surface area (Å²) < 4.78 is 0. The Morgan fingerprint density at radius 1 is 1.24 bits per heavy atom. The Morgan fingerprint density at radius 3 is 2.38 bits per heavy atom. The molecule has 0 radical (unpaired) electrons. The van der Waals surface area contributed by atoms with Crippen molar-refractivity contribution in [2.45, 2.75) is 32.9 Å². The quantitative estimate of drug-likeness (QED) is 0.908. The van der Waals surface area contributed by atoms with E-state index < -0.39 is 0 Å². The SMILES string of the molecule is CN(C)C(=O)CN(C)c1cccc(Cl)c1CNC(C)(C)C. The maximum atomic E-state index is 11.9. The van der Waals surface area contributed by atoms with Crippen molar-refractivity contribution in [1.82, 2.24) is 10.2 Å². The molecule has 0 aliphatic carbocycles. The highest BCUT2D eigenvalue weighted by Gasteiger charge is 2.16. The van der Waals surface area contributed by atoms with Crippen LogP contribution in [0.1, 0.15) is 26.3 Å². The number of halogens is 1. The molecule has 0 unspecified atom stereocenters. The predicted octanol–water partition coefficient (Wildman–Crippen LogP) is 2.75. The largest absolute Gasteiger partial charge is 0.365 e. The normalized spacial score (nSPS) is 11.4. The van der Waals surface area contributed by atoms with Crippen LogP contribution in [0.15, 0.2) is 18.2 Å². The number of rotatable bonds is 5. The van der Waals surface area contributed by atoms with E-state index in [1.165, 1.54) is 0 Å². The van der Waals surface area contributed by atoms with Gasteiger partial charge in [-0.3, -0.25) is 4.79 Å². The highest BCUT2D eigenvalue weighted by molar-refractivity contribution is 6.31.